The van der Waals surface area contributed by atoms with Gasteiger partial charge in [-0.15, -0.1) is 0 Å². The SMILES string of the molecule is Cc1cc(C)c(OCCNC(=O)c2c(F)cccc2Cl)cc1C. The average molecular weight is 336 g/mol. The number of benzene rings is 2. The number of ether oxygens (including phenoxy) is 1. The lowest BCUT2D eigenvalue weighted by Gasteiger charge is -2.12. The number of carbonyl (C=O) groups excluding carboxylic acids is 1. The average Bonchev–Trinajstić information content (AvgIpc) is 2.48. The molecule has 0 heterocycles. The molecule has 2 rings (SSSR count). The highest BCUT2D eigenvalue weighted by Crippen LogP contribution is 2.22. The summed E-state index contributed by atoms with van der Waals surface area (Å²) in [5.74, 6) is -0.402. The van der Waals surface area contributed by atoms with E-state index < -0.39 is 11.7 Å². The second-order valence-corrected chi connectivity index (χ2v) is 5.81. The Morgan fingerprint density at radius 3 is 2.57 bits per heavy atom. The van der Waals surface area contributed by atoms with Crippen LogP contribution in [0.5, 0.6) is 5.75 Å². The maximum Gasteiger partial charge on any atom is 0.255 e. The van der Waals surface area contributed by atoms with Gasteiger partial charge >= 0.3 is 0 Å². The van der Waals surface area contributed by atoms with Gasteiger partial charge in [-0.3, -0.25) is 4.79 Å². The van der Waals surface area contributed by atoms with Crippen LogP contribution in [-0.2, 0) is 0 Å². The Morgan fingerprint density at radius 2 is 1.87 bits per heavy atom. The Labute approximate surface area is 140 Å². The van der Waals surface area contributed by atoms with E-state index in [-0.39, 0.29) is 17.1 Å². The van der Waals surface area contributed by atoms with Crippen molar-refractivity contribution in [2.24, 2.45) is 0 Å². The number of carbonyl (C=O) groups is 1. The smallest absolute Gasteiger partial charge is 0.255 e. The zero-order valence-corrected chi connectivity index (χ0v) is 14.1. The predicted molar refractivity (Wildman–Crippen MR) is 89.9 cm³/mol. The molecule has 1 amide bonds. The van der Waals surface area contributed by atoms with Crippen LogP contribution in [0.3, 0.4) is 0 Å². The van der Waals surface area contributed by atoms with Gasteiger partial charge in [-0.25, -0.2) is 4.39 Å². The Bertz CT molecular complexity index is 711. The van der Waals surface area contributed by atoms with E-state index in [0.29, 0.717) is 6.61 Å². The second kappa shape index (κ2) is 7.47. The Balaban J connectivity index is 1.91. The summed E-state index contributed by atoms with van der Waals surface area (Å²) in [4.78, 5) is 12.0. The van der Waals surface area contributed by atoms with Gasteiger partial charge in [0.15, 0.2) is 0 Å². The molecule has 23 heavy (non-hydrogen) atoms. The molecule has 0 radical (unpaired) electrons. The minimum Gasteiger partial charge on any atom is -0.491 e. The van der Waals surface area contributed by atoms with Crippen molar-refractivity contribution in [3.63, 3.8) is 0 Å². The Hall–Kier alpha value is -2.07. The fraction of sp³-hybridized carbons (Fsp3) is 0.278. The van der Waals surface area contributed by atoms with E-state index in [1.54, 1.807) is 0 Å². The normalized spacial score (nSPS) is 10.5. The maximum absolute atomic E-state index is 13.6. The highest BCUT2D eigenvalue weighted by molar-refractivity contribution is 6.33. The van der Waals surface area contributed by atoms with Crippen LogP contribution in [0.2, 0.25) is 5.02 Å². The molecule has 122 valence electrons. The van der Waals surface area contributed by atoms with Crippen LogP contribution in [0, 0.1) is 26.6 Å². The summed E-state index contributed by atoms with van der Waals surface area (Å²) >= 11 is 5.85. The lowest BCUT2D eigenvalue weighted by atomic mass is 10.1. The summed E-state index contributed by atoms with van der Waals surface area (Å²) in [5.41, 5.74) is 3.25. The molecule has 0 saturated carbocycles. The van der Waals surface area contributed by atoms with Crippen molar-refractivity contribution in [2.45, 2.75) is 20.8 Å². The van der Waals surface area contributed by atoms with Gasteiger partial charge in [-0.05, 0) is 55.7 Å². The van der Waals surface area contributed by atoms with Gasteiger partial charge in [-0.1, -0.05) is 23.7 Å². The third-order valence-electron chi connectivity index (χ3n) is 3.63. The minimum absolute atomic E-state index is 0.0911. The van der Waals surface area contributed by atoms with Crippen molar-refractivity contribution in [1.29, 1.82) is 0 Å². The lowest BCUT2D eigenvalue weighted by Crippen LogP contribution is -2.29. The number of amides is 1. The molecule has 1 N–H and O–H groups in total. The highest BCUT2D eigenvalue weighted by atomic mass is 35.5. The van der Waals surface area contributed by atoms with E-state index in [2.05, 4.69) is 11.4 Å². The largest absolute Gasteiger partial charge is 0.491 e. The van der Waals surface area contributed by atoms with E-state index in [0.717, 1.165) is 16.9 Å². The molecular formula is C18H19ClFNO2. The molecule has 2 aromatic carbocycles. The molecule has 0 saturated heterocycles. The van der Waals surface area contributed by atoms with Crippen LogP contribution in [0.15, 0.2) is 30.3 Å². The molecule has 3 nitrogen and oxygen atoms in total. The van der Waals surface area contributed by atoms with Crippen molar-refractivity contribution in [2.75, 3.05) is 13.2 Å². The Kier molecular flexibility index (Phi) is 5.61. The summed E-state index contributed by atoms with van der Waals surface area (Å²) < 4.78 is 19.3. The highest BCUT2D eigenvalue weighted by Gasteiger charge is 2.15. The molecular weight excluding hydrogens is 317 g/mol. The topological polar surface area (TPSA) is 38.3 Å². The molecule has 0 fully saturated rings. The quantitative estimate of drug-likeness (QED) is 0.831. The van der Waals surface area contributed by atoms with Gasteiger partial charge < -0.3 is 10.1 Å². The molecule has 0 aliphatic heterocycles. The molecule has 2 aromatic rings. The number of rotatable bonds is 5. The van der Waals surface area contributed by atoms with Crippen LogP contribution >= 0.6 is 11.6 Å². The van der Waals surface area contributed by atoms with Crippen molar-refractivity contribution in [3.8, 4) is 5.75 Å². The van der Waals surface area contributed by atoms with Crippen LogP contribution in [-0.4, -0.2) is 19.1 Å². The third kappa shape index (κ3) is 4.23. The first-order chi connectivity index (χ1) is 10.9. The van der Waals surface area contributed by atoms with Crippen LogP contribution in [0.1, 0.15) is 27.0 Å². The Morgan fingerprint density at radius 1 is 1.17 bits per heavy atom. The first-order valence-electron chi connectivity index (χ1n) is 7.33. The lowest BCUT2D eigenvalue weighted by molar-refractivity contribution is 0.0943. The first kappa shape index (κ1) is 17.3. The molecule has 0 atom stereocenters. The van der Waals surface area contributed by atoms with Crippen molar-refractivity contribution >= 4 is 17.5 Å². The van der Waals surface area contributed by atoms with E-state index in [1.165, 1.54) is 23.8 Å². The molecule has 5 heteroatoms. The van der Waals surface area contributed by atoms with Gasteiger partial charge in [0.05, 0.1) is 17.1 Å². The van der Waals surface area contributed by atoms with Crippen molar-refractivity contribution < 1.29 is 13.9 Å². The predicted octanol–water partition coefficient (Wildman–Crippen LogP) is 4.21. The van der Waals surface area contributed by atoms with Crippen LogP contribution in [0.25, 0.3) is 0 Å². The minimum atomic E-state index is -0.638. The van der Waals surface area contributed by atoms with Crippen LogP contribution < -0.4 is 10.1 Å². The third-order valence-corrected chi connectivity index (χ3v) is 3.94. The molecule has 0 bridgehead atoms. The molecule has 0 aromatic heterocycles. The van der Waals surface area contributed by atoms with E-state index in [9.17, 15) is 9.18 Å². The fourth-order valence-corrected chi connectivity index (χ4v) is 2.47. The number of aryl methyl sites for hydroxylation is 3. The van der Waals surface area contributed by atoms with Gasteiger partial charge in [0.25, 0.3) is 5.91 Å². The summed E-state index contributed by atoms with van der Waals surface area (Å²) in [6.45, 7) is 6.59. The second-order valence-electron chi connectivity index (χ2n) is 5.40. The monoisotopic (exact) mass is 335 g/mol. The van der Waals surface area contributed by atoms with Gasteiger partial charge in [0.2, 0.25) is 0 Å². The van der Waals surface area contributed by atoms with E-state index >= 15 is 0 Å². The summed E-state index contributed by atoms with van der Waals surface area (Å²) in [5, 5.41) is 2.70. The fourth-order valence-electron chi connectivity index (χ4n) is 2.22. The maximum atomic E-state index is 13.6. The molecule has 0 aliphatic carbocycles. The summed E-state index contributed by atoms with van der Waals surface area (Å²) in [6, 6.07) is 8.17. The number of hydrogen-bond donors (Lipinski definition) is 1. The van der Waals surface area contributed by atoms with Crippen molar-refractivity contribution in [1.82, 2.24) is 5.32 Å². The van der Waals surface area contributed by atoms with E-state index in [4.69, 9.17) is 16.3 Å². The van der Waals surface area contributed by atoms with E-state index in [1.807, 2.05) is 26.8 Å². The summed E-state index contributed by atoms with van der Waals surface area (Å²) in [6.07, 6.45) is 0. The first-order valence-corrected chi connectivity index (χ1v) is 7.71. The zero-order chi connectivity index (χ0) is 17.0. The zero-order valence-electron chi connectivity index (χ0n) is 13.4. The molecule has 0 spiro atoms. The van der Waals surface area contributed by atoms with Gasteiger partial charge in [0.1, 0.15) is 18.2 Å². The molecule has 0 aliphatic rings. The van der Waals surface area contributed by atoms with Gasteiger partial charge in [-0.2, -0.15) is 0 Å². The number of halogens is 2. The summed E-state index contributed by atoms with van der Waals surface area (Å²) in [7, 11) is 0. The number of hydrogen-bond acceptors (Lipinski definition) is 2. The standard InChI is InChI=1S/C18H19ClFNO2/c1-11-9-13(3)16(10-12(11)2)23-8-7-21-18(22)17-14(19)5-4-6-15(17)20/h4-6,9-10H,7-8H2,1-3H3,(H,21,22). The van der Waals surface area contributed by atoms with Crippen LogP contribution in [0.4, 0.5) is 4.39 Å². The van der Waals surface area contributed by atoms with Crippen molar-refractivity contribution in [3.05, 3.63) is 63.4 Å². The number of nitrogens with one attached hydrogen (secondary N) is 1. The molecule has 0 unspecified atom stereocenters. The van der Waals surface area contributed by atoms with Gasteiger partial charge in [0, 0.05) is 0 Å².